The van der Waals surface area contributed by atoms with Crippen LogP contribution in [0.1, 0.15) is 0 Å². The Bertz CT molecular complexity index is 1230. The Hall–Kier alpha value is -3.60. The number of amides is 2. The molecule has 2 heterocycles. The summed E-state index contributed by atoms with van der Waals surface area (Å²) in [6, 6.07) is 14.8. The van der Waals surface area contributed by atoms with Gasteiger partial charge in [-0.25, -0.2) is 4.98 Å². The number of hydrogen-bond donors (Lipinski definition) is 3. The second-order valence-electron chi connectivity index (χ2n) is 7.72. The highest BCUT2D eigenvalue weighted by Crippen LogP contribution is 2.27. The Labute approximate surface area is 218 Å². The Morgan fingerprint density at radius 1 is 1.08 bits per heavy atom. The maximum absolute atomic E-state index is 12.3. The second kappa shape index (κ2) is 12.4. The zero-order chi connectivity index (χ0) is 25.3. The molecule has 1 fully saturated rings. The van der Waals surface area contributed by atoms with Crippen LogP contribution in [-0.4, -0.2) is 58.7 Å². The molecule has 2 aromatic carbocycles. The second-order valence-corrected chi connectivity index (χ2v) is 9.18. The molecule has 0 radical (unpaired) electrons. The quantitative estimate of drug-likeness (QED) is 0.273. The molecule has 0 spiro atoms. The summed E-state index contributed by atoms with van der Waals surface area (Å²) in [7, 11) is 0. The summed E-state index contributed by atoms with van der Waals surface area (Å²) in [5.41, 5.74) is 2.09. The molecular formula is C25H25ClN6O3S. The van der Waals surface area contributed by atoms with E-state index in [9.17, 15) is 9.59 Å². The number of nitrogens with zero attached hydrogens (tertiary/aromatic N) is 3. The largest absolute Gasteiger partial charge is 0.378 e. The molecule has 0 aliphatic carbocycles. The van der Waals surface area contributed by atoms with Gasteiger partial charge in [0.15, 0.2) is 5.82 Å². The van der Waals surface area contributed by atoms with E-state index >= 15 is 0 Å². The lowest BCUT2D eigenvalue weighted by molar-refractivity contribution is -0.132. The fourth-order valence-electron chi connectivity index (χ4n) is 3.33. The maximum Gasteiger partial charge on any atom is 0.247 e. The summed E-state index contributed by atoms with van der Waals surface area (Å²) in [5, 5.41) is 9.36. The van der Waals surface area contributed by atoms with Crippen molar-refractivity contribution in [1.29, 1.82) is 0 Å². The molecule has 4 rings (SSSR count). The predicted octanol–water partition coefficient (Wildman–Crippen LogP) is 4.69. The molecule has 0 bridgehead atoms. The van der Waals surface area contributed by atoms with E-state index in [1.807, 2.05) is 35.2 Å². The van der Waals surface area contributed by atoms with Gasteiger partial charge in [-0.2, -0.15) is 4.98 Å². The third-order valence-corrected chi connectivity index (χ3v) is 6.43. The number of hydrogen-bond acceptors (Lipinski definition) is 8. The fourth-order valence-corrected chi connectivity index (χ4v) is 4.27. The van der Waals surface area contributed by atoms with E-state index in [0.717, 1.165) is 10.6 Å². The first-order valence-corrected chi connectivity index (χ1v) is 12.5. The van der Waals surface area contributed by atoms with Crippen molar-refractivity contribution in [3.63, 3.8) is 0 Å². The van der Waals surface area contributed by atoms with Gasteiger partial charge in [0.25, 0.3) is 0 Å². The molecule has 2 amide bonds. The van der Waals surface area contributed by atoms with Gasteiger partial charge in [-0.05, 0) is 48.5 Å². The first-order chi connectivity index (χ1) is 17.5. The molecule has 9 nitrogen and oxygen atoms in total. The van der Waals surface area contributed by atoms with Crippen LogP contribution in [0, 0.1) is 0 Å². The van der Waals surface area contributed by atoms with Gasteiger partial charge in [-0.1, -0.05) is 24.2 Å². The molecule has 1 aliphatic heterocycles. The van der Waals surface area contributed by atoms with Crippen LogP contribution >= 0.6 is 23.4 Å². The van der Waals surface area contributed by atoms with E-state index in [4.69, 9.17) is 16.3 Å². The van der Waals surface area contributed by atoms with Gasteiger partial charge < -0.3 is 25.6 Å². The van der Waals surface area contributed by atoms with E-state index < -0.39 is 0 Å². The lowest BCUT2D eigenvalue weighted by Crippen LogP contribution is -2.41. The Balaban J connectivity index is 1.36. The fraction of sp³-hybridized carbons (Fsp3) is 0.200. The number of morpholine rings is 1. The number of rotatable bonds is 9. The third-order valence-electron chi connectivity index (χ3n) is 5.16. The summed E-state index contributed by atoms with van der Waals surface area (Å²) in [6.45, 7) is 5.95. The summed E-state index contributed by atoms with van der Waals surface area (Å²) in [6.07, 6.45) is 2.71. The van der Waals surface area contributed by atoms with Crippen LogP contribution in [0.2, 0.25) is 5.02 Å². The minimum absolute atomic E-state index is 0.119. The van der Waals surface area contributed by atoms with Crippen molar-refractivity contribution in [3.8, 4) is 0 Å². The number of ether oxygens (including phenoxy) is 1. The normalized spacial score (nSPS) is 13.1. The molecule has 3 aromatic rings. The Morgan fingerprint density at radius 2 is 1.83 bits per heavy atom. The molecule has 36 heavy (non-hydrogen) atoms. The molecule has 1 aliphatic rings. The van der Waals surface area contributed by atoms with Crippen molar-refractivity contribution in [2.45, 2.75) is 4.90 Å². The van der Waals surface area contributed by atoms with E-state index in [1.54, 1.807) is 18.2 Å². The number of aromatic nitrogens is 2. The van der Waals surface area contributed by atoms with E-state index in [2.05, 4.69) is 32.5 Å². The van der Waals surface area contributed by atoms with Crippen molar-refractivity contribution < 1.29 is 14.3 Å². The van der Waals surface area contributed by atoms with Crippen LogP contribution in [-0.2, 0) is 14.3 Å². The van der Waals surface area contributed by atoms with Gasteiger partial charge in [0.05, 0.1) is 25.2 Å². The van der Waals surface area contributed by atoms with Gasteiger partial charge in [0.1, 0.15) is 5.02 Å². The smallest absolute Gasteiger partial charge is 0.247 e. The number of carbonyl (C=O) groups excluding carboxylic acids is 2. The standard InChI is InChI=1S/C25H25ClN6O3S/c1-2-22(33)28-18-4-3-5-19(14-18)29-24-21(26)15-27-25(31-24)30-17-6-8-20(9-7-17)36-16-23(34)32-10-12-35-13-11-32/h2-9,14-15H,1,10-13,16H2,(H,28,33)(H2,27,29,30,31). The van der Waals surface area contributed by atoms with E-state index in [-0.39, 0.29) is 11.8 Å². The molecule has 1 aromatic heterocycles. The van der Waals surface area contributed by atoms with Gasteiger partial charge in [0.2, 0.25) is 17.8 Å². The van der Waals surface area contributed by atoms with Crippen LogP contribution in [0.25, 0.3) is 0 Å². The lowest BCUT2D eigenvalue weighted by Gasteiger charge is -2.26. The number of benzene rings is 2. The average Bonchev–Trinajstić information content (AvgIpc) is 2.90. The first-order valence-electron chi connectivity index (χ1n) is 11.2. The van der Waals surface area contributed by atoms with Crippen molar-refractivity contribution in [2.24, 2.45) is 0 Å². The molecule has 1 saturated heterocycles. The van der Waals surface area contributed by atoms with Crippen LogP contribution < -0.4 is 16.0 Å². The summed E-state index contributed by atoms with van der Waals surface area (Å²) < 4.78 is 5.29. The molecule has 0 saturated carbocycles. The SMILES string of the molecule is C=CC(=O)Nc1cccc(Nc2nc(Nc3ccc(SCC(=O)N4CCOCC4)cc3)ncc2Cl)c1. The molecule has 3 N–H and O–H groups in total. The van der Waals surface area contributed by atoms with E-state index in [0.29, 0.717) is 60.2 Å². The number of anilines is 5. The number of thioether (sulfide) groups is 1. The van der Waals surface area contributed by atoms with E-state index in [1.165, 1.54) is 24.0 Å². The third kappa shape index (κ3) is 7.20. The topological polar surface area (TPSA) is 108 Å². The van der Waals surface area contributed by atoms with Crippen molar-refractivity contribution in [3.05, 3.63) is 72.4 Å². The maximum atomic E-state index is 12.3. The van der Waals surface area contributed by atoms with Crippen LogP contribution in [0.15, 0.2) is 72.3 Å². The number of nitrogens with one attached hydrogen (secondary N) is 3. The molecule has 0 atom stereocenters. The summed E-state index contributed by atoms with van der Waals surface area (Å²) >= 11 is 7.79. The van der Waals surface area contributed by atoms with Gasteiger partial charge in [0, 0.05) is 35.0 Å². The summed E-state index contributed by atoms with van der Waals surface area (Å²) in [5.74, 6) is 0.984. The Morgan fingerprint density at radius 3 is 2.58 bits per heavy atom. The van der Waals surface area contributed by atoms with Gasteiger partial charge in [-0.3, -0.25) is 9.59 Å². The number of halogens is 1. The van der Waals surface area contributed by atoms with Gasteiger partial charge in [-0.15, -0.1) is 11.8 Å². The zero-order valence-electron chi connectivity index (χ0n) is 19.4. The van der Waals surface area contributed by atoms with Gasteiger partial charge >= 0.3 is 0 Å². The summed E-state index contributed by atoms with van der Waals surface area (Å²) in [4.78, 5) is 35.4. The molecule has 0 unspecified atom stereocenters. The molecular weight excluding hydrogens is 500 g/mol. The lowest BCUT2D eigenvalue weighted by atomic mass is 10.2. The molecule has 11 heteroatoms. The first kappa shape index (κ1) is 25.5. The Kier molecular flexibility index (Phi) is 8.77. The van der Waals surface area contributed by atoms with Crippen LogP contribution in [0.4, 0.5) is 28.8 Å². The van der Waals surface area contributed by atoms with Crippen molar-refractivity contribution >= 4 is 64.0 Å². The predicted molar refractivity (Wildman–Crippen MR) is 143 cm³/mol. The van der Waals surface area contributed by atoms with Crippen LogP contribution in [0.5, 0.6) is 0 Å². The highest BCUT2D eigenvalue weighted by Gasteiger charge is 2.16. The van der Waals surface area contributed by atoms with Crippen LogP contribution in [0.3, 0.4) is 0 Å². The minimum atomic E-state index is -0.299. The van der Waals surface area contributed by atoms with Crippen molar-refractivity contribution in [2.75, 3.05) is 48.0 Å². The average molecular weight is 525 g/mol. The monoisotopic (exact) mass is 524 g/mol. The highest BCUT2D eigenvalue weighted by atomic mass is 35.5. The highest BCUT2D eigenvalue weighted by molar-refractivity contribution is 8.00. The number of carbonyl (C=O) groups is 2. The zero-order valence-corrected chi connectivity index (χ0v) is 20.9. The van der Waals surface area contributed by atoms with Crippen molar-refractivity contribution in [1.82, 2.24) is 14.9 Å². The minimum Gasteiger partial charge on any atom is -0.378 e. The molecule has 186 valence electrons.